The minimum atomic E-state index is -0.983. The Balaban J connectivity index is 2.70. The van der Waals surface area contributed by atoms with Crippen LogP contribution >= 0.6 is 0 Å². The van der Waals surface area contributed by atoms with Gasteiger partial charge in [0.25, 0.3) is 0 Å². The Hall–Kier alpha value is -1.77. The zero-order valence-corrected chi connectivity index (χ0v) is 9.66. The second-order valence-corrected chi connectivity index (χ2v) is 4.04. The standard InChI is InChI=1S/C13H17NO2/c1-9(2)12-6-4-5-11(8-12)7-10(3)14-13(15)16/h4-6,8,10,14H,1,7H2,2-3H3,(H,15,16). The zero-order chi connectivity index (χ0) is 12.1. The van der Waals surface area contributed by atoms with Gasteiger partial charge in [-0.25, -0.2) is 4.79 Å². The van der Waals surface area contributed by atoms with E-state index in [1.54, 1.807) is 0 Å². The number of rotatable bonds is 4. The van der Waals surface area contributed by atoms with Gasteiger partial charge in [0, 0.05) is 6.04 Å². The lowest BCUT2D eigenvalue weighted by molar-refractivity contribution is 0.190. The molecular weight excluding hydrogens is 202 g/mol. The first kappa shape index (κ1) is 12.3. The van der Waals surface area contributed by atoms with Crippen molar-refractivity contribution in [1.82, 2.24) is 5.32 Å². The molecule has 2 N–H and O–H groups in total. The van der Waals surface area contributed by atoms with E-state index in [4.69, 9.17) is 5.11 Å². The Morgan fingerprint density at radius 1 is 1.56 bits per heavy atom. The van der Waals surface area contributed by atoms with Crippen molar-refractivity contribution in [3.63, 3.8) is 0 Å². The van der Waals surface area contributed by atoms with Gasteiger partial charge in [-0.2, -0.15) is 0 Å². The molecule has 0 aliphatic rings. The van der Waals surface area contributed by atoms with Gasteiger partial charge >= 0.3 is 6.09 Å². The third-order valence-corrected chi connectivity index (χ3v) is 2.33. The quantitative estimate of drug-likeness (QED) is 0.818. The smallest absolute Gasteiger partial charge is 0.404 e. The maximum absolute atomic E-state index is 10.4. The molecular formula is C13H17NO2. The average molecular weight is 219 g/mol. The molecule has 1 aromatic carbocycles. The number of nitrogens with one attached hydrogen (secondary N) is 1. The molecule has 0 bridgehead atoms. The highest BCUT2D eigenvalue weighted by Crippen LogP contribution is 2.14. The van der Waals surface area contributed by atoms with Crippen LogP contribution < -0.4 is 5.32 Å². The van der Waals surface area contributed by atoms with E-state index >= 15 is 0 Å². The Kier molecular flexibility index (Phi) is 4.11. The highest BCUT2D eigenvalue weighted by molar-refractivity contribution is 5.65. The summed E-state index contributed by atoms with van der Waals surface area (Å²) in [4.78, 5) is 10.4. The summed E-state index contributed by atoms with van der Waals surface area (Å²) in [5, 5.41) is 11.0. The molecule has 0 aliphatic carbocycles. The van der Waals surface area contributed by atoms with E-state index in [0.717, 1.165) is 16.7 Å². The molecule has 0 fully saturated rings. The van der Waals surface area contributed by atoms with Gasteiger partial charge in [-0.05, 0) is 31.4 Å². The third-order valence-electron chi connectivity index (χ3n) is 2.33. The average Bonchev–Trinajstić information content (AvgIpc) is 2.16. The number of hydrogen-bond acceptors (Lipinski definition) is 1. The summed E-state index contributed by atoms with van der Waals surface area (Å²) in [5.41, 5.74) is 3.22. The molecule has 3 nitrogen and oxygen atoms in total. The fourth-order valence-corrected chi connectivity index (χ4v) is 1.58. The van der Waals surface area contributed by atoms with E-state index in [1.807, 2.05) is 38.1 Å². The fraction of sp³-hybridized carbons (Fsp3) is 0.308. The largest absolute Gasteiger partial charge is 0.465 e. The van der Waals surface area contributed by atoms with Gasteiger partial charge in [0.15, 0.2) is 0 Å². The Labute approximate surface area is 95.8 Å². The molecule has 0 saturated carbocycles. The van der Waals surface area contributed by atoms with Crippen LogP contribution in [-0.4, -0.2) is 17.2 Å². The summed E-state index contributed by atoms with van der Waals surface area (Å²) >= 11 is 0. The lowest BCUT2D eigenvalue weighted by Gasteiger charge is -2.12. The molecule has 0 aliphatic heterocycles. The van der Waals surface area contributed by atoms with Gasteiger partial charge in [-0.1, -0.05) is 36.4 Å². The van der Waals surface area contributed by atoms with E-state index in [9.17, 15) is 4.79 Å². The van der Waals surface area contributed by atoms with Crippen LogP contribution in [0.5, 0.6) is 0 Å². The number of amides is 1. The molecule has 1 amide bonds. The molecule has 16 heavy (non-hydrogen) atoms. The molecule has 1 aromatic rings. The molecule has 3 heteroatoms. The molecule has 0 heterocycles. The van der Waals surface area contributed by atoms with Crippen LogP contribution in [0.4, 0.5) is 4.79 Å². The topological polar surface area (TPSA) is 49.3 Å². The lowest BCUT2D eigenvalue weighted by Crippen LogP contribution is -2.32. The van der Waals surface area contributed by atoms with Crippen molar-refractivity contribution >= 4 is 11.7 Å². The maximum atomic E-state index is 10.4. The van der Waals surface area contributed by atoms with Crippen LogP contribution in [0.2, 0.25) is 0 Å². The van der Waals surface area contributed by atoms with Gasteiger partial charge in [-0.3, -0.25) is 0 Å². The van der Waals surface area contributed by atoms with Crippen molar-refractivity contribution in [3.8, 4) is 0 Å². The van der Waals surface area contributed by atoms with Crippen molar-refractivity contribution in [1.29, 1.82) is 0 Å². The van der Waals surface area contributed by atoms with Crippen molar-refractivity contribution in [3.05, 3.63) is 42.0 Å². The molecule has 1 atom stereocenters. The summed E-state index contributed by atoms with van der Waals surface area (Å²) in [6, 6.07) is 7.92. The van der Waals surface area contributed by atoms with Crippen LogP contribution in [0.1, 0.15) is 25.0 Å². The second kappa shape index (κ2) is 5.35. The summed E-state index contributed by atoms with van der Waals surface area (Å²) in [6.45, 7) is 7.69. The molecule has 1 unspecified atom stereocenters. The molecule has 0 saturated heterocycles. The Bertz CT molecular complexity index is 399. The van der Waals surface area contributed by atoms with E-state index in [-0.39, 0.29) is 6.04 Å². The number of allylic oxidation sites excluding steroid dienone is 1. The van der Waals surface area contributed by atoms with Crippen LogP contribution in [-0.2, 0) is 6.42 Å². The predicted octanol–water partition coefficient (Wildman–Crippen LogP) is 2.92. The number of benzene rings is 1. The van der Waals surface area contributed by atoms with Crippen molar-refractivity contribution in [2.45, 2.75) is 26.3 Å². The molecule has 0 aromatic heterocycles. The van der Waals surface area contributed by atoms with E-state index in [1.165, 1.54) is 0 Å². The normalized spacial score (nSPS) is 11.9. The summed E-state index contributed by atoms with van der Waals surface area (Å²) in [5.74, 6) is 0. The van der Waals surface area contributed by atoms with E-state index in [2.05, 4.69) is 11.9 Å². The van der Waals surface area contributed by atoms with E-state index < -0.39 is 6.09 Å². The minimum Gasteiger partial charge on any atom is -0.465 e. The molecule has 0 spiro atoms. The first-order valence-corrected chi connectivity index (χ1v) is 5.23. The number of carboxylic acid groups (broad SMARTS) is 1. The first-order valence-electron chi connectivity index (χ1n) is 5.23. The van der Waals surface area contributed by atoms with Gasteiger partial charge in [0.1, 0.15) is 0 Å². The highest BCUT2D eigenvalue weighted by atomic mass is 16.4. The van der Waals surface area contributed by atoms with Gasteiger partial charge < -0.3 is 10.4 Å². The molecule has 86 valence electrons. The summed E-state index contributed by atoms with van der Waals surface area (Å²) in [7, 11) is 0. The van der Waals surface area contributed by atoms with Crippen LogP contribution in [0, 0.1) is 0 Å². The molecule has 1 rings (SSSR count). The number of carbonyl (C=O) groups is 1. The molecule has 0 radical (unpaired) electrons. The Morgan fingerprint density at radius 3 is 2.81 bits per heavy atom. The fourth-order valence-electron chi connectivity index (χ4n) is 1.58. The zero-order valence-electron chi connectivity index (χ0n) is 9.66. The maximum Gasteiger partial charge on any atom is 0.404 e. The minimum absolute atomic E-state index is 0.0853. The lowest BCUT2D eigenvalue weighted by atomic mass is 10.0. The predicted molar refractivity (Wildman–Crippen MR) is 65.5 cm³/mol. The van der Waals surface area contributed by atoms with Crippen LogP contribution in [0.15, 0.2) is 30.8 Å². The summed E-state index contributed by atoms with van der Waals surface area (Å²) < 4.78 is 0. The summed E-state index contributed by atoms with van der Waals surface area (Å²) in [6.07, 6.45) is -0.295. The first-order chi connectivity index (χ1) is 7.49. The monoisotopic (exact) mass is 219 g/mol. The SMILES string of the molecule is C=C(C)c1cccc(CC(C)NC(=O)O)c1. The van der Waals surface area contributed by atoms with Gasteiger partial charge in [0.05, 0.1) is 0 Å². The highest BCUT2D eigenvalue weighted by Gasteiger charge is 2.06. The van der Waals surface area contributed by atoms with Gasteiger partial charge in [-0.15, -0.1) is 0 Å². The van der Waals surface area contributed by atoms with Crippen LogP contribution in [0.25, 0.3) is 5.57 Å². The van der Waals surface area contributed by atoms with E-state index in [0.29, 0.717) is 6.42 Å². The number of hydrogen-bond donors (Lipinski definition) is 2. The third kappa shape index (κ3) is 3.77. The van der Waals surface area contributed by atoms with Crippen molar-refractivity contribution in [2.24, 2.45) is 0 Å². The second-order valence-electron chi connectivity index (χ2n) is 4.04. The van der Waals surface area contributed by atoms with Gasteiger partial charge in [0.2, 0.25) is 0 Å². The Morgan fingerprint density at radius 2 is 2.25 bits per heavy atom. The van der Waals surface area contributed by atoms with Crippen molar-refractivity contribution in [2.75, 3.05) is 0 Å². The van der Waals surface area contributed by atoms with Crippen molar-refractivity contribution < 1.29 is 9.90 Å². The van der Waals surface area contributed by atoms with Crippen LogP contribution in [0.3, 0.4) is 0 Å².